The first kappa shape index (κ1) is 22.0. The zero-order chi connectivity index (χ0) is 19.8. The molecule has 2 aromatic rings. The quantitative estimate of drug-likeness (QED) is 0.323. The third-order valence-electron chi connectivity index (χ3n) is 3.12. The van der Waals surface area contributed by atoms with Gasteiger partial charge in [-0.2, -0.15) is 0 Å². The van der Waals surface area contributed by atoms with E-state index in [9.17, 15) is 4.79 Å². The number of rotatable bonds is 8. The maximum atomic E-state index is 11.9. The van der Waals surface area contributed by atoms with Crippen molar-refractivity contribution in [2.24, 2.45) is 0 Å². The molecule has 144 valence electrons. The highest BCUT2D eigenvalue weighted by Crippen LogP contribution is 2.37. The molecule has 0 fully saturated rings. The van der Waals surface area contributed by atoms with E-state index < -0.39 is 5.97 Å². The maximum absolute atomic E-state index is 11.9. The molecule has 0 saturated heterocycles. The fourth-order valence-electron chi connectivity index (χ4n) is 1.94. The summed E-state index contributed by atoms with van der Waals surface area (Å²) in [6.07, 6.45) is 1.47. The predicted octanol–water partition coefficient (Wildman–Crippen LogP) is 6.58. The second kappa shape index (κ2) is 10.9. The Balaban J connectivity index is 1.87. The van der Waals surface area contributed by atoms with E-state index in [1.807, 2.05) is 0 Å². The molecule has 0 unspecified atom stereocenters. The molecule has 0 amide bonds. The highest BCUT2D eigenvalue weighted by atomic mass is 35.5. The topological polar surface area (TPSA) is 44.8 Å². The van der Waals surface area contributed by atoms with Crippen molar-refractivity contribution in [3.8, 4) is 11.5 Å². The molecule has 0 atom stereocenters. The summed E-state index contributed by atoms with van der Waals surface area (Å²) in [5, 5.41) is 0.808. The predicted molar refractivity (Wildman–Crippen MR) is 109 cm³/mol. The summed E-state index contributed by atoms with van der Waals surface area (Å²) in [4.78, 5) is 11.9. The van der Waals surface area contributed by atoms with Gasteiger partial charge < -0.3 is 14.2 Å². The van der Waals surface area contributed by atoms with E-state index in [1.165, 1.54) is 18.2 Å². The zero-order valence-corrected chi connectivity index (χ0v) is 17.5. The normalized spacial score (nSPS) is 10.3. The molecule has 0 spiro atoms. The third kappa shape index (κ3) is 6.98. The highest BCUT2D eigenvalue weighted by Gasteiger charge is 2.13. The van der Waals surface area contributed by atoms with E-state index in [-0.39, 0.29) is 45.7 Å². The molecule has 9 heteroatoms. The first-order chi connectivity index (χ1) is 12.9. The second-order valence-electron chi connectivity index (χ2n) is 4.99. The summed E-state index contributed by atoms with van der Waals surface area (Å²) < 4.78 is 16.1. The van der Waals surface area contributed by atoms with Gasteiger partial charge in [0.05, 0.1) is 20.6 Å². The standard InChI is InChI=1S/C18H13Cl5O4/c19-13-4-2-1-3-12(13)18(24)27-8-7-26-17-14(20)9-11(10-15(17)21)25-6-5-16(22)23/h1-5,9-10H,6-8H2. The van der Waals surface area contributed by atoms with E-state index in [0.717, 1.165) is 0 Å². The van der Waals surface area contributed by atoms with Gasteiger partial charge in [0, 0.05) is 12.1 Å². The molecule has 0 N–H and O–H groups in total. The maximum Gasteiger partial charge on any atom is 0.339 e. The van der Waals surface area contributed by atoms with Crippen LogP contribution in [-0.4, -0.2) is 25.8 Å². The van der Waals surface area contributed by atoms with Crippen molar-refractivity contribution in [2.45, 2.75) is 0 Å². The molecular weight excluding hydrogens is 457 g/mol. The Hall–Kier alpha value is -1.30. The summed E-state index contributed by atoms with van der Waals surface area (Å²) in [5.41, 5.74) is 0.280. The van der Waals surface area contributed by atoms with Crippen LogP contribution in [0.2, 0.25) is 15.1 Å². The van der Waals surface area contributed by atoms with E-state index in [2.05, 4.69) is 0 Å². The van der Waals surface area contributed by atoms with Gasteiger partial charge in [-0.05, 0) is 18.2 Å². The lowest BCUT2D eigenvalue weighted by molar-refractivity contribution is 0.0451. The number of ether oxygens (including phenoxy) is 3. The molecule has 0 aliphatic carbocycles. The van der Waals surface area contributed by atoms with E-state index in [0.29, 0.717) is 10.8 Å². The van der Waals surface area contributed by atoms with Crippen LogP contribution in [0.1, 0.15) is 10.4 Å². The van der Waals surface area contributed by atoms with Crippen LogP contribution in [0.25, 0.3) is 0 Å². The summed E-state index contributed by atoms with van der Waals surface area (Å²) in [6, 6.07) is 9.67. The summed E-state index contributed by atoms with van der Waals surface area (Å²) in [7, 11) is 0. The Labute approximate surface area is 181 Å². The average molecular weight is 471 g/mol. The Bertz CT molecular complexity index is 811. The summed E-state index contributed by atoms with van der Waals surface area (Å²) >= 11 is 29.3. The molecule has 0 aromatic heterocycles. The third-order valence-corrected chi connectivity index (χ3v) is 4.32. The second-order valence-corrected chi connectivity index (χ2v) is 7.21. The summed E-state index contributed by atoms with van der Waals surface area (Å²) in [6.45, 7) is 0.210. The van der Waals surface area contributed by atoms with Crippen LogP contribution in [0, 0.1) is 0 Å². The first-order valence-electron chi connectivity index (χ1n) is 7.56. The van der Waals surface area contributed by atoms with Gasteiger partial charge in [-0.15, -0.1) is 0 Å². The number of benzene rings is 2. The van der Waals surface area contributed by atoms with Gasteiger partial charge in [-0.25, -0.2) is 4.79 Å². The fraction of sp³-hybridized carbons (Fsp3) is 0.167. The molecule has 2 aromatic carbocycles. The molecule has 0 radical (unpaired) electrons. The van der Waals surface area contributed by atoms with Gasteiger partial charge in [0.1, 0.15) is 30.1 Å². The van der Waals surface area contributed by atoms with Crippen LogP contribution < -0.4 is 9.47 Å². The first-order valence-corrected chi connectivity index (χ1v) is 9.45. The number of carbonyl (C=O) groups excluding carboxylic acids is 1. The largest absolute Gasteiger partial charge is 0.489 e. The SMILES string of the molecule is O=C(OCCOc1c(Cl)cc(OCC=C(Cl)Cl)cc1Cl)c1ccccc1Cl. The molecule has 0 aliphatic heterocycles. The van der Waals surface area contributed by atoms with Gasteiger partial charge in [0.2, 0.25) is 0 Å². The Morgan fingerprint density at radius 3 is 2.22 bits per heavy atom. The Morgan fingerprint density at radius 1 is 0.926 bits per heavy atom. The van der Waals surface area contributed by atoms with Gasteiger partial charge >= 0.3 is 5.97 Å². The number of esters is 1. The molecule has 0 aliphatic rings. The van der Waals surface area contributed by atoms with Crippen LogP contribution >= 0.6 is 58.0 Å². The molecule has 0 heterocycles. The van der Waals surface area contributed by atoms with Crippen LogP contribution in [0.4, 0.5) is 0 Å². The van der Waals surface area contributed by atoms with Crippen molar-refractivity contribution in [1.82, 2.24) is 0 Å². The highest BCUT2D eigenvalue weighted by molar-refractivity contribution is 6.55. The van der Waals surface area contributed by atoms with Crippen molar-refractivity contribution < 1.29 is 19.0 Å². The zero-order valence-electron chi connectivity index (χ0n) is 13.7. The lowest BCUT2D eigenvalue weighted by Crippen LogP contribution is -2.13. The van der Waals surface area contributed by atoms with Crippen LogP contribution in [-0.2, 0) is 4.74 Å². The van der Waals surface area contributed by atoms with E-state index >= 15 is 0 Å². The van der Waals surface area contributed by atoms with Crippen molar-refractivity contribution in [3.05, 3.63) is 67.6 Å². The minimum Gasteiger partial charge on any atom is -0.489 e. The number of hydrogen-bond donors (Lipinski definition) is 0. The molecule has 27 heavy (non-hydrogen) atoms. The Morgan fingerprint density at radius 2 is 1.59 bits per heavy atom. The Kier molecular flexibility index (Phi) is 8.87. The number of carbonyl (C=O) groups is 1. The van der Waals surface area contributed by atoms with Gasteiger partial charge in [0.15, 0.2) is 5.75 Å². The number of halogens is 5. The monoisotopic (exact) mass is 468 g/mol. The van der Waals surface area contributed by atoms with Gasteiger partial charge in [-0.3, -0.25) is 0 Å². The molecule has 0 bridgehead atoms. The van der Waals surface area contributed by atoms with Crippen molar-refractivity contribution in [1.29, 1.82) is 0 Å². The van der Waals surface area contributed by atoms with Crippen molar-refractivity contribution in [2.75, 3.05) is 19.8 Å². The fourth-order valence-corrected chi connectivity index (χ4v) is 2.86. The minimum absolute atomic E-state index is 0.00597. The average Bonchev–Trinajstić information content (AvgIpc) is 2.60. The van der Waals surface area contributed by atoms with Crippen molar-refractivity contribution in [3.63, 3.8) is 0 Å². The lowest BCUT2D eigenvalue weighted by Gasteiger charge is -2.12. The van der Waals surface area contributed by atoms with Crippen molar-refractivity contribution >= 4 is 64.0 Å². The van der Waals surface area contributed by atoms with Crippen LogP contribution in [0.5, 0.6) is 11.5 Å². The summed E-state index contributed by atoms with van der Waals surface area (Å²) in [5.74, 6) is 0.134. The molecule has 0 saturated carbocycles. The van der Waals surface area contributed by atoms with E-state index in [1.54, 1.807) is 24.3 Å². The smallest absolute Gasteiger partial charge is 0.339 e. The van der Waals surface area contributed by atoms with E-state index in [4.69, 9.17) is 72.2 Å². The minimum atomic E-state index is -0.545. The lowest BCUT2D eigenvalue weighted by atomic mass is 10.2. The molecular formula is C18H13Cl5O4. The number of hydrogen-bond acceptors (Lipinski definition) is 4. The van der Waals surface area contributed by atoms with Gasteiger partial charge in [0.25, 0.3) is 0 Å². The molecule has 4 nitrogen and oxygen atoms in total. The van der Waals surface area contributed by atoms with Crippen LogP contribution in [0.3, 0.4) is 0 Å². The van der Waals surface area contributed by atoms with Crippen LogP contribution in [0.15, 0.2) is 47.0 Å². The van der Waals surface area contributed by atoms with Gasteiger partial charge in [-0.1, -0.05) is 70.1 Å². The molecule has 2 rings (SSSR count).